The number of nitrogens with zero attached hydrogens (tertiary/aromatic N) is 3. The Bertz CT molecular complexity index is 789. The maximum Gasteiger partial charge on any atom is 0.234 e. The smallest absolute Gasteiger partial charge is 0.234 e. The number of halogens is 1. The third-order valence-corrected chi connectivity index (χ3v) is 5.93. The van der Waals surface area contributed by atoms with Crippen molar-refractivity contribution in [3.63, 3.8) is 0 Å². The maximum atomic E-state index is 13.8. The largest absolute Gasteiger partial charge is 0.311 e. The van der Waals surface area contributed by atoms with E-state index in [1.165, 1.54) is 12.1 Å². The highest BCUT2D eigenvalue weighted by molar-refractivity contribution is 7.99. The minimum Gasteiger partial charge on any atom is -0.311 e. The zero-order valence-electron chi connectivity index (χ0n) is 13.7. The first-order valence-electron chi connectivity index (χ1n) is 8.39. The van der Waals surface area contributed by atoms with Gasteiger partial charge in [-0.15, -0.1) is 11.8 Å². The summed E-state index contributed by atoms with van der Waals surface area (Å²) in [5.41, 5.74) is 2.80. The summed E-state index contributed by atoms with van der Waals surface area (Å²) < 4.78 is 15.6. The molecule has 1 aliphatic carbocycles. The van der Waals surface area contributed by atoms with Crippen LogP contribution < -0.4 is 4.90 Å². The van der Waals surface area contributed by atoms with E-state index < -0.39 is 0 Å². The van der Waals surface area contributed by atoms with E-state index in [4.69, 9.17) is 0 Å². The molecule has 1 amide bonds. The topological polar surface area (TPSA) is 38.1 Å². The Morgan fingerprint density at radius 3 is 3.12 bits per heavy atom. The summed E-state index contributed by atoms with van der Waals surface area (Å²) in [6.07, 6.45) is 5.63. The Morgan fingerprint density at radius 1 is 1.38 bits per heavy atom. The number of fused-ring (bicyclic) bond motifs is 2. The van der Waals surface area contributed by atoms with Crippen LogP contribution >= 0.6 is 11.8 Å². The third-order valence-electron chi connectivity index (χ3n) is 4.78. The van der Waals surface area contributed by atoms with Crippen molar-refractivity contribution in [1.82, 2.24) is 9.78 Å². The number of rotatable bonds is 1. The fourth-order valence-electron chi connectivity index (χ4n) is 3.69. The van der Waals surface area contributed by atoms with E-state index in [0.717, 1.165) is 53.3 Å². The average molecular weight is 345 g/mol. The first-order valence-corrected chi connectivity index (χ1v) is 9.38. The van der Waals surface area contributed by atoms with Crippen molar-refractivity contribution in [2.75, 3.05) is 17.2 Å². The number of thioether (sulfide) groups is 1. The van der Waals surface area contributed by atoms with Gasteiger partial charge in [0.15, 0.2) is 0 Å². The lowest BCUT2D eigenvalue weighted by molar-refractivity contribution is -0.120. The number of hydrogen-bond donors (Lipinski definition) is 0. The Hall–Kier alpha value is -1.82. The molecule has 24 heavy (non-hydrogen) atoms. The zero-order valence-corrected chi connectivity index (χ0v) is 14.5. The standard InChI is InChI=1S/C18H20FN3OS/c1-21-11-14-13(4-2-5-15(14)20-21)18(23)22-8-3-9-24-17-7-6-12(19)10-16(17)22/h6-7,10-11,13H,2-5,8-9H2,1H3. The quantitative estimate of drug-likeness (QED) is 0.794. The first-order chi connectivity index (χ1) is 11.6. The number of aryl methyl sites for hydroxylation is 2. The molecule has 6 heteroatoms. The highest BCUT2D eigenvalue weighted by atomic mass is 32.2. The Morgan fingerprint density at radius 2 is 2.25 bits per heavy atom. The van der Waals surface area contributed by atoms with Gasteiger partial charge in [-0.2, -0.15) is 5.10 Å². The summed E-state index contributed by atoms with van der Waals surface area (Å²) in [6.45, 7) is 0.647. The number of carbonyl (C=O) groups is 1. The molecule has 2 aliphatic rings. The van der Waals surface area contributed by atoms with Crippen molar-refractivity contribution in [3.05, 3.63) is 41.5 Å². The lowest BCUT2D eigenvalue weighted by atomic mass is 9.86. The van der Waals surface area contributed by atoms with Crippen LogP contribution in [0.25, 0.3) is 0 Å². The summed E-state index contributed by atoms with van der Waals surface area (Å²) in [7, 11) is 1.90. The molecule has 0 saturated heterocycles. The van der Waals surface area contributed by atoms with Crippen molar-refractivity contribution in [1.29, 1.82) is 0 Å². The van der Waals surface area contributed by atoms with Crippen LogP contribution in [-0.2, 0) is 18.3 Å². The summed E-state index contributed by atoms with van der Waals surface area (Å²) in [4.78, 5) is 16.1. The van der Waals surface area contributed by atoms with E-state index in [2.05, 4.69) is 5.10 Å². The Labute approximate surface area is 145 Å². The molecular weight excluding hydrogens is 325 g/mol. The molecule has 126 valence electrons. The number of amides is 1. The van der Waals surface area contributed by atoms with Crippen LogP contribution in [-0.4, -0.2) is 28.0 Å². The molecular formula is C18H20FN3OS. The van der Waals surface area contributed by atoms with Gasteiger partial charge in [0.25, 0.3) is 0 Å². The highest BCUT2D eigenvalue weighted by Gasteiger charge is 2.33. The van der Waals surface area contributed by atoms with Crippen LogP contribution in [0.4, 0.5) is 10.1 Å². The molecule has 1 aliphatic heterocycles. The van der Waals surface area contributed by atoms with Crippen molar-refractivity contribution in [3.8, 4) is 0 Å². The number of aromatic nitrogens is 2. The fraction of sp³-hybridized carbons (Fsp3) is 0.444. The van der Waals surface area contributed by atoms with Crippen LogP contribution in [0.15, 0.2) is 29.3 Å². The van der Waals surface area contributed by atoms with Crippen LogP contribution in [0.3, 0.4) is 0 Å². The molecule has 0 N–H and O–H groups in total. The SMILES string of the molecule is Cn1cc2c(n1)CCCC2C(=O)N1CCCSc2ccc(F)cc21. The molecule has 1 aromatic heterocycles. The van der Waals surface area contributed by atoms with E-state index in [1.54, 1.807) is 27.4 Å². The molecule has 1 aromatic carbocycles. The molecule has 4 rings (SSSR count). The van der Waals surface area contributed by atoms with Crippen LogP contribution in [0.1, 0.15) is 36.4 Å². The number of anilines is 1. The number of hydrogen-bond acceptors (Lipinski definition) is 3. The van der Waals surface area contributed by atoms with E-state index >= 15 is 0 Å². The second-order valence-corrected chi connectivity index (χ2v) is 7.59. The summed E-state index contributed by atoms with van der Waals surface area (Å²) in [5.74, 6) is 0.574. The van der Waals surface area contributed by atoms with E-state index in [0.29, 0.717) is 6.54 Å². The van der Waals surface area contributed by atoms with Gasteiger partial charge in [-0.1, -0.05) is 0 Å². The van der Waals surface area contributed by atoms with E-state index in [9.17, 15) is 9.18 Å². The molecule has 2 aromatic rings. The Balaban J connectivity index is 1.72. The van der Waals surface area contributed by atoms with Gasteiger partial charge in [-0.25, -0.2) is 4.39 Å². The fourth-order valence-corrected chi connectivity index (χ4v) is 4.66. The predicted molar refractivity (Wildman–Crippen MR) is 93.0 cm³/mol. The minimum atomic E-state index is -0.292. The van der Waals surface area contributed by atoms with E-state index in [-0.39, 0.29) is 17.6 Å². The first kappa shape index (κ1) is 15.7. The summed E-state index contributed by atoms with van der Waals surface area (Å²) >= 11 is 1.70. The Kier molecular flexibility index (Phi) is 4.08. The van der Waals surface area contributed by atoms with Gasteiger partial charge in [0.05, 0.1) is 17.3 Å². The number of carbonyl (C=O) groups excluding carboxylic acids is 1. The van der Waals surface area contributed by atoms with Crippen LogP contribution in [0.2, 0.25) is 0 Å². The van der Waals surface area contributed by atoms with Gasteiger partial charge in [0, 0.05) is 30.2 Å². The molecule has 1 atom stereocenters. The molecule has 1 unspecified atom stereocenters. The lowest BCUT2D eigenvalue weighted by Gasteiger charge is -2.29. The zero-order chi connectivity index (χ0) is 16.7. The van der Waals surface area contributed by atoms with Crippen molar-refractivity contribution in [2.24, 2.45) is 7.05 Å². The maximum absolute atomic E-state index is 13.8. The molecule has 0 spiro atoms. The van der Waals surface area contributed by atoms with E-state index in [1.807, 2.05) is 13.2 Å². The third kappa shape index (κ3) is 2.73. The van der Waals surface area contributed by atoms with Crippen molar-refractivity contribution >= 4 is 23.4 Å². The highest BCUT2D eigenvalue weighted by Crippen LogP contribution is 2.38. The lowest BCUT2D eigenvalue weighted by Crippen LogP contribution is -2.37. The van der Waals surface area contributed by atoms with Gasteiger partial charge in [0.1, 0.15) is 5.82 Å². The van der Waals surface area contributed by atoms with Crippen molar-refractivity contribution < 1.29 is 9.18 Å². The molecule has 0 fully saturated rings. The second-order valence-electron chi connectivity index (χ2n) is 6.45. The summed E-state index contributed by atoms with van der Waals surface area (Å²) in [6, 6.07) is 4.76. The van der Waals surface area contributed by atoms with Gasteiger partial charge >= 0.3 is 0 Å². The second kappa shape index (κ2) is 6.24. The average Bonchev–Trinajstić information content (AvgIpc) is 2.83. The minimum absolute atomic E-state index is 0.0818. The van der Waals surface area contributed by atoms with Gasteiger partial charge < -0.3 is 4.90 Å². The van der Waals surface area contributed by atoms with Gasteiger partial charge in [0.2, 0.25) is 5.91 Å². The van der Waals surface area contributed by atoms with Gasteiger partial charge in [-0.05, 0) is 49.6 Å². The number of benzene rings is 1. The predicted octanol–water partition coefficient (Wildman–Crippen LogP) is 3.51. The summed E-state index contributed by atoms with van der Waals surface area (Å²) in [5, 5.41) is 4.49. The van der Waals surface area contributed by atoms with Gasteiger partial charge in [-0.3, -0.25) is 9.48 Å². The molecule has 4 nitrogen and oxygen atoms in total. The molecule has 0 saturated carbocycles. The monoisotopic (exact) mass is 345 g/mol. The molecule has 2 heterocycles. The van der Waals surface area contributed by atoms with Crippen LogP contribution in [0.5, 0.6) is 0 Å². The molecule has 0 bridgehead atoms. The molecule has 0 radical (unpaired) electrons. The van der Waals surface area contributed by atoms with Crippen LogP contribution in [0, 0.1) is 5.82 Å². The normalized spacial score (nSPS) is 20.2. The van der Waals surface area contributed by atoms with Crippen molar-refractivity contribution in [2.45, 2.75) is 36.5 Å².